The van der Waals surface area contributed by atoms with Gasteiger partial charge in [0.25, 0.3) is 0 Å². The summed E-state index contributed by atoms with van der Waals surface area (Å²) in [4.78, 5) is 24.1. The van der Waals surface area contributed by atoms with Crippen LogP contribution < -0.4 is 0 Å². The second kappa shape index (κ2) is 6.51. The zero-order valence-electron chi connectivity index (χ0n) is 11.6. The van der Waals surface area contributed by atoms with E-state index in [1.165, 1.54) is 13.5 Å². The molecule has 0 aromatic heterocycles. The summed E-state index contributed by atoms with van der Waals surface area (Å²) in [6, 6.07) is 0. The Morgan fingerprint density at radius 2 is 1.68 bits per heavy atom. The minimum absolute atomic E-state index is 0.0596. The number of aliphatic hydroxyl groups is 1. The summed E-state index contributed by atoms with van der Waals surface area (Å²) < 4.78 is 4.72. The topological polar surface area (TPSA) is 63.6 Å². The summed E-state index contributed by atoms with van der Waals surface area (Å²) >= 11 is 0. The van der Waals surface area contributed by atoms with Crippen LogP contribution in [0, 0.1) is 17.8 Å². The van der Waals surface area contributed by atoms with Crippen LogP contribution in [-0.4, -0.2) is 30.1 Å². The molecule has 0 aromatic carbocycles. The van der Waals surface area contributed by atoms with E-state index >= 15 is 0 Å². The molecule has 3 atom stereocenters. The molecule has 2 saturated carbocycles. The van der Waals surface area contributed by atoms with Gasteiger partial charge in [0.15, 0.2) is 0 Å². The molecule has 2 fully saturated rings. The van der Waals surface area contributed by atoms with Crippen molar-refractivity contribution in [1.82, 2.24) is 0 Å². The van der Waals surface area contributed by atoms with Crippen molar-refractivity contribution in [3.63, 3.8) is 0 Å². The zero-order valence-corrected chi connectivity index (χ0v) is 11.6. The number of aliphatic hydroxyl groups excluding tert-OH is 1. The van der Waals surface area contributed by atoms with Gasteiger partial charge in [-0.3, -0.25) is 9.59 Å². The van der Waals surface area contributed by atoms with Gasteiger partial charge in [-0.05, 0) is 32.1 Å². The van der Waals surface area contributed by atoms with Crippen LogP contribution in [0.4, 0.5) is 0 Å². The highest BCUT2D eigenvalue weighted by atomic mass is 16.5. The number of rotatable bonds is 3. The standard InChI is InChI=1S/C15H24O4/c1-19-15(18)12-9-11(7-8-13(12)16)14(17)10-5-3-2-4-6-10/h10-13,16H,2-9H2,1H3. The minimum atomic E-state index is -0.650. The third-order valence-electron chi connectivity index (χ3n) is 4.73. The third-order valence-corrected chi connectivity index (χ3v) is 4.73. The van der Waals surface area contributed by atoms with E-state index in [1.807, 2.05) is 0 Å². The van der Waals surface area contributed by atoms with Gasteiger partial charge in [-0.25, -0.2) is 0 Å². The molecule has 0 radical (unpaired) electrons. The van der Waals surface area contributed by atoms with E-state index in [-0.39, 0.29) is 17.8 Å². The van der Waals surface area contributed by atoms with E-state index in [2.05, 4.69) is 0 Å². The Morgan fingerprint density at radius 1 is 1.00 bits per heavy atom. The van der Waals surface area contributed by atoms with Crippen molar-refractivity contribution in [3.8, 4) is 0 Å². The number of methoxy groups -OCH3 is 1. The Morgan fingerprint density at radius 3 is 2.32 bits per heavy atom. The van der Waals surface area contributed by atoms with Gasteiger partial charge in [0, 0.05) is 11.8 Å². The van der Waals surface area contributed by atoms with Crippen molar-refractivity contribution in [2.45, 2.75) is 57.5 Å². The number of ketones is 1. The fourth-order valence-electron chi connectivity index (χ4n) is 3.54. The summed E-state index contributed by atoms with van der Waals surface area (Å²) in [5.41, 5.74) is 0. The fourth-order valence-corrected chi connectivity index (χ4v) is 3.54. The Hall–Kier alpha value is -0.900. The van der Waals surface area contributed by atoms with E-state index in [9.17, 15) is 14.7 Å². The Kier molecular flexibility index (Phi) is 4.97. The first-order chi connectivity index (χ1) is 9.13. The summed E-state index contributed by atoms with van der Waals surface area (Å²) in [7, 11) is 1.33. The van der Waals surface area contributed by atoms with Gasteiger partial charge in [0.05, 0.1) is 19.1 Å². The van der Waals surface area contributed by atoms with Crippen LogP contribution in [0.25, 0.3) is 0 Å². The molecule has 1 N–H and O–H groups in total. The SMILES string of the molecule is COC(=O)C1CC(C(=O)C2CCCCC2)CCC1O. The molecule has 2 rings (SSSR count). The largest absolute Gasteiger partial charge is 0.469 e. The molecule has 0 spiro atoms. The van der Waals surface area contributed by atoms with Crippen molar-refractivity contribution in [1.29, 1.82) is 0 Å². The maximum absolute atomic E-state index is 12.5. The minimum Gasteiger partial charge on any atom is -0.469 e. The van der Waals surface area contributed by atoms with E-state index in [0.717, 1.165) is 25.7 Å². The van der Waals surface area contributed by atoms with Crippen LogP contribution in [0.2, 0.25) is 0 Å². The lowest BCUT2D eigenvalue weighted by atomic mass is 9.72. The van der Waals surface area contributed by atoms with Gasteiger partial charge in [-0.15, -0.1) is 0 Å². The van der Waals surface area contributed by atoms with Crippen LogP contribution in [0.1, 0.15) is 51.4 Å². The number of Topliss-reactive ketones (excluding diaryl/α,β-unsaturated/α-hetero) is 1. The molecule has 4 nitrogen and oxygen atoms in total. The number of hydrogen-bond donors (Lipinski definition) is 1. The predicted molar refractivity (Wildman–Crippen MR) is 70.4 cm³/mol. The summed E-state index contributed by atoms with van der Waals surface area (Å²) in [5, 5.41) is 9.87. The van der Waals surface area contributed by atoms with Crippen molar-refractivity contribution >= 4 is 11.8 Å². The molecule has 3 unspecified atom stereocenters. The molecule has 2 aliphatic carbocycles. The molecule has 0 aromatic rings. The van der Waals surface area contributed by atoms with E-state index in [0.29, 0.717) is 25.0 Å². The molecule has 0 bridgehead atoms. The Balaban J connectivity index is 1.96. The van der Waals surface area contributed by atoms with Gasteiger partial charge < -0.3 is 9.84 Å². The van der Waals surface area contributed by atoms with Crippen LogP contribution in [0.15, 0.2) is 0 Å². The second-order valence-corrected chi connectivity index (χ2v) is 5.94. The number of hydrogen-bond acceptors (Lipinski definition) is 4. The first-order valence-electron chi connectivity index (χ1n) is 7.43. The average Bonchev–Trinajstić information content (AvgIpc) is 2.47. The van der Waals surface area contributed by atoms with E-state index < -0.39 is 12.0 Å². The fraction of sp³-hybridized carbons (Fsp3) is 0.867. The second-order valence-electron chi connectivity index (χ2n) is 5.94. The molecule has 0 amide bonds. The quantitative estimate of drug-likeness (QED) is 0.796. The highest BCUT2D eigenvalue weighted by Crippen LogP contribution is 2.35. The molecule has 0 aliphatic heterocycles. The van der Waals surface area contributed by atoms with Crippen LogP contribution >= 0.6 is 0 Å². The molecule has 0 saturated heterocycles. The monoisotopic (exact) mass is 268 g/mol. The lowest BCUT2D eigenvalue weighted by molar-refractivity contribution is -0.153. The molecule has 4 heteroatoms. The molecule has 108 valence electrons. The van der Waals surface area contributed by atoms with Crippen molar-refractivity contribution in [2.24, 2.45) is 17.8 Å². The normalized spacial score (nSPS) is 32.8. The molecule has 19 heavy (non-hydrogen) atoms. The predicted octanol–water partition coefficient (Wildman–Crippen LogP) is 2.09. The summed E-state index contributed by atoms with van der Waals surface area (Å²) in [6.45, 7) is 0. The summed E-state index contributed by atoms with van der Waals surface area (Å²) in [5.74, 6) is -0.451. The first-order valence-corrected chi connectivity index (χ1v) is 7.43. The van der Waals surface area contributed by atoms with Crippen molar-refractivity contribution in [3.05, 3.63) is 0 Å². The number of ether oxygens (including phenoxy) is 1. The summed E-state index contributed by atoms with van der Waals surface area (Å²) in [6.07, 6.45) is 6.58. The number of carbonyl (C=O) groups is 2. The van der Waals surface area contributed by atoms with E-state index in [1.54, 1.807) is 0 Å². The van der Waals surface area contributed by atoms with Crippen LogP contribution in [-0.2, 0) is 14.3 Å². The number of carbonyl (C=O) groups excluding carboxylic acids is 2. The van der Waals surface area contributed by atoms with Gasteiger partial charge in [-0.1, -0.05) is 19.3 Å². The zero-order chi connectivity index (χ0) is 13.8. The van der Waals surface area contributed by atoms with Crippen LogP contribution in [0.3, 0.4) is 0 Å². The maximum Gasteiger partial charge on any atom is 0.311 e. The Labute approximate surface area is 114 Å². The lowest BCUT2D eigenvalue weighted by Gasteiger charge is -2.33. The van der Waals surface area contributed by atoms with Gasteiger partial charge in [0.2, 0.25) is 0 Å². The van der Waals surface area contributed by atoms with Crippen molar-refractivity contribution < 1.29 is 19.4 Å². The van der Waals surface area contributed by atoms with Gasteiger partial charge in [0.1, 0.15) is 5.78 Å². The van der Waals surface area contributed by atoms with E-state index in [4.69, 9.17) is 4.74 Å². The first kappa shape index (κ1) is 14.5. The molecule has 2 aliphatic rings. The molecular weight excluding hydrogens is 244 g/mol. The van der Waals surface area contributed by atoms with Crippen LogP contribution in [0.5, 0.6) is 0 Å². The van der Waals surface area contributed by atoms with Gasteiger partial charge in [-0.2, -0.15) is 0 Å². The molecule has 0 heterocycles. The Bertz CT molecular complexity index is 333. The molecular formula is C15H24O4. The highest BCUT2D eigenvalue weighted by molar-refractivity contribution is 5.84. The highest BCUT2D eigenvalue weighted by Gasteiger charge is 2.39. The smallest absolute Gasteiger partial charge is 0.311 e. The average molecular weight is 268 g/mol. The van der Waals surface area contributed by atoms with Crippen molar-refractivity contribution in [2.75, 3.05) is 7.11 Å². The maximum atomic E-state index is 12.5. The number of esters is 1. The third kappa shape index (κ3) is 3.35. The van der Waals surface area contributed by atoms with Gasteiger partial charge >= 0.3 is 5.97 Å². The lowest BCUT2D eigenvalue weighted by Crippen LogP contribution is -2.39.